The second-order valence-electron chi connectivity index (χ2n) is 5.91. The van der Waals surface area contributed by atoms with Gasteiger partial charge in [0, 0.05) is 25.3 Å². The molecule has 0 aliphatic heterocycles. The molecule has 26 heavy (non-hydrogen) atoms. The first-order valence-corrected chi connectivity index (χ1v) is 10.4. The van der Waals surface area contributed by atoms with E-state index in [9.17, 15) is 8.42 Å². The molecule has 7 heteroatoms. The Labute approximate surface area is 161 Å². The van der Waals surface area contributed by atoms with Gasteiger partial charge in [0.15, 0.2) is 5.11 Å². The summed E-state index contributed by atoms with van der Waals surface area (Å²) in [5, 5.41) is 6.77. The summed E-state index contributed by atoms with van der Waals surface area (Å²) in [5.74, 6) is 0. The molecule has 0 aliphatic carbocycles. The van der Waals surface area contributed by atoms with Crippen molar-refractivity contribution in [3.05, 3.63) is 59.7 Å². The van der Waals surface area contributed by atoms with Gasteiger partial charge in [-0.2, -0.15) is 4.31 Å². The fraction of sp³-hybridized carbons (Fsp3) is 0.316. The molecule has 0 radical (unpaired) electrons. The molecule has 0 spiro atoms. The molecule has 0 aromatic heterocycles. The minimum atomic E-state index is -3.42. The first-order chi connectivity index (χ1) is 12.4. The molecule has 0 amide bonds. The molecule has 0 fully saturated rings. The summed E-state index contributed by atoms with van der Waals surface area (Å²) in [4.78, 5) is 0.310. The lowest BCUT2D eigenvalue weighted by molar-refractivity contribution is 0.445. The van der Waals surface area contributed by atoms with E-state index in [0.29, 0.717) is 29.6 Å². The molecular weight excluding hydrogens is 366 g/mol. The van der Waals surface area contributed by atoms with E-state index in [4.69, 9.17) is 12.2 Å². The number of hydrogen-bond acceptors (Lipinski definition) is 3. The van der Waals surface area contributed by atoms with Crippen LogP contribution in [0, 0.1) is 6.92 Å². The predicted molar refractivity (Wildman–Crippen MR) is 111 cm³/mol. The summed E-state index contributed by atoms with van der Waals surface area (Å²) in [7, 11) is -3.42. The summed E-state index contributed by atoms with van der Waals surface area (Å²) >= 11 is 5.29. The highest BCUT2D eigenvalue weighted by atomic mass is 32.2. The molecule has 0 saturated heterocycles. The van der Waals surface area contributed by atoms with Crippen LogP contribution < -0.4 is 10.6 Å². The Balaban J connectivity index is 1.94. The lowest BCUT2D eigenvalue weighted by Crippen LogP contribution is -2.30. The number of anilines is 1. The molecule has 0 unspecified atom stereocenters. The van der Waals surface area contributed by atoms with Crippen LogP contribution in [0.3, 0.4) is 0 Å². The van der Waals surface area contributed by atoms with Crippen molar-refractivity contribution in [1.29, 1.82) is 0 Å². The van der Waals surface area contributed by atoms with Gasteiger partial charge in [-0.15, -0.1) is 0 Å². The standard InChI is InChI=1S/C19H25N3O2S2/c1-4-22(5-2)26(23,24)18-12-8-16(9-13-18)14-20-19(25)21-17-10-6-15(3)7-11-17/h6-13H,4-5,14H2,1-3H3,(H2,20,21,25). The van der Waals surface area contributed by atoms with Gasteiger partial charge in [-0.1, -0.05) is 43.7 Å². The van der Waals surface area contributed by atoms with Crippen molar-refractivity contribution < 1.29 is 8.42 Å². The average Bonchev–Trinajstić information content (AvgIpc) is 2.63. The number of sulfonamides is 1. The van der Waals surface area contributed by atoms with Gasteiger partial charge >= 0.3 is 0 Å². The van der Waals surface area contributed by atoms with E-state index in [2.05, 4.69) is 10.6 Å². The van der Waals surface area contributed by atoms with Gasteiger partial charge in [-0.25, -0.2) is 8.42 Å². The van der Waals surface area contributed by atoms with E-state index in [-0.39, 0.29) is 0 Å². The minimum Gasteiger partial charge on any atom is -0.358 e. The molecule has 140 valence electrons. The number of nitrogens with one attached hydrogen (secondary N) is 2. The predicted octanol–water partition coefficient (Wildman–Crippen LogP) is 3.51. The summed E-state index contributed by atoms with van der Waals surface area (Å²) in [6.07, 6.45) is 0. The summed E-state index contributed by atoms with van der Waals surface area (Å²) in [6.45, 7) is 7.14. The third-order valence-electron chi connectivity index (χ3n) is 4.03. The maximum Gasteiger partial charge on any atom is 0.243 e. The SMILES string of the molecule is CCN(CC)S(=O)(=O)c1ccc(CNC(=S)Nc2ccc(C)cc2)cc1. The van der Waals surface area contributed by atoms with Crippen LogP contribution in [0.1, 0.15) is 25.0 Å². The molecule has 0 atom stereocenters. The maximum absolute atomic E-state index is 12.5. The van der Waals surface area contributed by atoms with Crippen molar-refractivity contribution in [3.63, 3.8) is 0 Å². The second kappa shape index (κ2) is 9.12. The van der Waals surface area contributed by atoms with Crippen LogP contribution in [-0.4, -0.2) is 30.9 Å². The third-order valence-corrected chi connectivity index (χ3v) is 6.34. The first-order valence-electron chi connectivity index (χ1n) is 8.57. The Bertz CT molecular complexity index is 828. The van der Waals surface area contributed by atoms with Crippen LogP contribution in [0.15, 0.2) is 53.4 Å². The van der Waals surface area contributed by atoms with Crippen LogP contribution >= 0.6 is 12.2 Å². The van der Waals surface area contributed by atoms with Gasteiger partial charge in [0.1, 0.15) is 0 Å². The molecule has 5 nitrogen and oxygen atoms in total. The van der Waals surface area contributed by atoms with E-state index in [1.165, 1.54) is 9.87 Å². The Hall–Kier alpha value is -1.96. The van der Waals surface area contributed by atoms with E-state index < -0.39 is 10.0 Å². The third kappa shape index (κ3) is 5.27. The highest BCUT2D eigenvalue weighted by Gasteiger charge is 2.21. The van der Waals surface area contributed by atoms with Gasteiger partial charge in [-0.05, 0) is 49.0 Å². The van der Waals surface area contributed by atoms with Crippen LogP contribution in [0.4, 0.5) is 5.69 Å². The van der Waals surface area contributed by atoms with Crippen molar-refractivity contribution in [2.24, 2.45) is 0 Å². The normalized spacial score (nSPS) is 11.4. The van der Waals surface area contributed by atoms with Gasteiger partial charge in [0.05, 0.1) is 4.90 Å². The van der Waals surface area contributed by atoms with Crippen molar-refractivity contribution >= 4 is 33.0 Å². The van der Waals surface area contributed by atoms with Gasteiger partial charge in [0.25, 0.3) is 0 Å². The largest absolute Gasteiger partial charge is 0.358 e. The van der Waals surface area contributed by atoms with Gasteiger partial charge in [-0.3, -0.25) is 0 Å². The van der Waals surface area contributed by atoms with Crippen molar-refractivity contribution in [2.75, 3.05) is 18.4 Å². The van der Waals surface area contributed by atoms with Crippen LogP contribution in [0.5, 0.6) is 0 Å². The van der Waals surface area contributed by atoms with E-state index in [1.54, 1.807) is 24.3 Å². The number of nitrogens with zero attached hydrogens (tertiary/aromatic N) is 1. The molecule has 0 saturated carbocycles. The van der Waals surface area contributed by atoms with Crippen LogP contribution in [-0.2, 0) is 16.6 Å². The Morgan fingerprint density at radius 1 is 1.00 bits per heavy atom. The molecule has 2 rings (SSSR count). The van der Waals surface area contributed by atoms with Gasteiger partial charge < -0.3 is 10.6 Å². The Morgan fingerprint density at radius 2 is 1.58 bits per heavy atom. The lowest BCUT2D eigenvalue weighted by Gasteiger charge is -2.18. The fourth-order valence-corrected chi connectivity index (χ4v) is 4.13. The number of aryl methyl sites for hydroxylation is 1. The van der Waals surface area contributed by atoms with Crippen LogP contribution in [0.25, 0.3) is 0 Å². The van der Waals surface area contributed by atoms with E-state index >= 15 is 0 Å². The summed E-state index contributed by atoms with van der Waals surface area (Å²) in [6, 6.07) is 14.9. The van der Waals surface area contributed by atoms with Crippen LogP contribution in [0.2, 0.25) is 0 Å². The zero-order valence-corrected chi connectivity index (χ0v) is 17.0. The number of benzene rings is 2. The van der Waals surface area contributed by atoms with E-state index in [1.807, 2.05) is 45.0 Å². The molecule has 2 aromatic rings. The van der Waals surface area contributed by atoms with Crippen molar-refractivity contribution in [3.8, 4) is 0 Å². The summed E-state index contributed by atoms with van der Waals surface area (Å²) in [5.41, 5.74) is 3.07. The first kappa shape index (κ1) is 20.4. The number of hydrogen-bond donors (Lipinski definition) is 2. The molecular formula is C19H25N3O2S2. The molecule has 0 aliphatic rings. The average molecular weight is 392 g/mol. The fourth-order valence-electron chi connectivity index (χ4n) is 2.49. The molecule has 2 N–H and O–H groups in total. The highest BCUT2D eigenvalue weighted by molar-refractivity contribution is 7.89. The Morgan fingerprint density at radius 3 is 2.12 bits per heavy atom. The topological polar surface area (TPSA) is 61.4 Å². The maximum atomic E-state index is 12.5. The second-order valence-corrected chi connectivity index (χ2v) is 8.25. The lowest BCUT2D eigenvalue weighted by atomic mass is 10.2. The quantitative estimate of drug-likeness (QED) is 0.707. The smallest absolute Gasteiger partial charge is 0.243 e. The zero-order valence-electron chi connectivity index (χ0n) is 15.3. The Kier molecular flexibility index (Phi) is 7.14. The highest BCUT2D eigenvalue weighted by Crippen LogP contribution is 2.16. The molecule has 0 heterocycles. The minimum absolute atomic E-state index is 0.310. The monoisotopic (exact) mass is 391 g/mol. The van der Waals surface area contributed by atoms with Crippen molar-refractivity contribution in [2.45, 2.75) is 32.2 Å². The number of rotatable bonds is 7. The number of thiocarbonyl (C=S) groups is 1. The molecule has 0 bridgehead atoms. The van der Waals surface area contributed by atoms with Gasteiger partial charge in [0.2, 0.25) is 10.0 Å². The zero-order chi connectivity index (χ0) is 19.2. The molecule has 2 aromatic carbocycles. The van der Waals surface area contributed by atoms with Crippen molar-refractivity contribution in [1.82, 2.24) is 9.62 Å². The van der Waals surface area contributed by atoms with E-state index in [0.717, 1.165) is 11.3 Å². The summed E-state index contributed by atoms with van der Waals surface area (Å²) < 4.78 is 26.4.